The summed E-state index contributed by atoms with van der Waals surface area (Å²) in [5.74, 6) is -0.792. The zero-order valence-electron chi connectivity index (χ0n) is 14.1. The average molecular weight is 386 g/mol. The lowest BCUT2D eigenvalue weighted by Crippen LogP contribution is -2.37. The van der Waals surface area contributed by atoms with E-state index in [1.165, 1.54) is 0 Å². The van der Waals surface area contributed by atoms with Crippen LogP contribution in [-0.4, -0.2) is 34.7 Å². The molecule has 1 aliphatic carbocycles. The maximum absolute atomic E-state index is 12.7. The maximum atomic E-state index is 12.7. The number of hydrogen-bond donors (Lipinski definition) is 2. The molecule has 27 heavy (non-hydrogen) atoms. The Morgan fingerprint density at radius 2 is 2.04 bits per heavy atom. The second-order valence-electron chi connectivity index (χ2n) is 6.74. The van der Waals surface area contributed by atoms with Gasteiger partial charge in [0, 0.05) is 25.6 Å². The molecule has 0 bridgehead atoms. The van der Waals surface area contributed by atoms with Crippen molar-refractivity contribution in [3.8, 4) is 0 Å². The van der Waals surface area contributed by atoms with Gasteiger partial charge in [0.1, 0.15) is 5.69 Å². The van der Waals surface area contributed by atoms with Crippen LogP contribution in [0.25, 0.3) is 0 Å². The van der Waals surface area contributed by atoms with E-state index < -0.39 is 34.2 Å². The molecule has 1 saturated carbocycles. The standard InChI is InChI=1S/C16H17F3N4O4/c17-16(18,19)11-3-4-12(13(6-11)23(26)27)20-21-15(25)10-5-14(24)22(8-10)7-9-1-2-9/h3-4,6,9-10,20H,1-2,5,7-8H2,(H,21,25)/t10-/m1/s1. The Balaban J connectivity index is 1.63. The summed E-state index contributed by atoms with van der Waals surface area (Å²) in [6.07, 6.45) is -2.54. The second kappa shape index (κ2) is 7.05. The number of rotatable bonds is 6. The molecule has 3 rings (SSSR count). The van der Waals surface area contributed by atoms with Crippen molar-refractivity contribution < 1.29 is 27.7 Å². The molecule has 146 valence electrons. The number of alkyl halides is 3. The Labute approximate surface area is 151 Å². The average Bonchev–Trinajstić information content (AvgIpc) is 3.33. The predicted octanol–water partition coefficient (Wildman–Crippen LogP) is 2.32. The highest BCUT2D eigenvalue weighted by atomic mass is 19.4. The number of likely N-dealkylation sites (tertiary alicyclic amines) is 1. The van der Waals surface area contributed by atoms with Crippen LogP contribution in [0.15, 0.2) is 18.2 Å². The summed E-state index contributed by atoms with van der Waals surface area (Å²) in [5, 5.41) is 11.0. The molecular formula is C16H17F3N4O4. The van der Waals surface area contributed by atoms with Crippen molar-refractivity contribution in [1.82, 2.24) is 10.3 Å². The van der Waals surface area contributed by atoms with Gasteiger partial charge in [-0.05, 0) is 30.9 Å². The third-order valence-electron chi connectivity index (χ3n) is 4.60. The number of nitrogens with zero attached hydrogens (tertiary/aromatic N) is 2. The van der Waals surface area contributed by atoms with Crippen LogP contribution in [0.1, 0.15) is 24.8 Å². The molecule has 1 aliphatic heterocycles. The van der Waals surface area contributed by atoms with Gasteiger partial charge in [0.15, 0.2) is 0 Å². The van der Waals surface area contributed by atoms with Crippen LogP contribution in [0, 0.1) is 22.0 Å². The molecule has 1 atom stereocenters. The van der Waals surface area contributed by atoms with Crippen LogP contribution in [0.4, 0.5) is 24.5 Å². The van der Waals surface area contributed by atoms with Gasteiger partial charge >= 0.3 is 6.18 Å². The van der Waals surface area contributed by atoms with Crippen molar-refractivity contribution in [2.75, 3.05) is 18.5 Å². The number of hydrazine groups is 1. The highest BCUT2D eigenvalue weighted by Gasteiger charge is 2.37. The lowest BCUT2D eigenvalue weighted by Gasteiger charge is -2.16. The van der Waals surface area contributed by atoms with Gasteiger partial charge in [-0.15, -0.1) is 0 Å². The van der Waals surface area contributed by atoms with E-state index in [-0.39, 0.29) is 24.6 Å². The van der Waals surface area contributed by atoms with E-state index in [2.05, 4.69) is 10.9 Å². The van der Waals surface area contributed by atoms with E-state index in [1.807, 2.05) is 0 Å². The molecule has 0 unspecified atom stereocenters. The zero-order valence-corrected chi connectivity index (χ0v) is 14.1. The minimum Gasteiger partial charge on any atom is -0.342 e. The van der Waals surface area contributed by atoms with Gasteiger partial charge in [-0.25, -0.2) is 0 Å². The van der Waals surface area contributed by atoms with Gasteiger partial charge in [0.25, 0.3) is 5.69 Å². The number of halogens is 3. The third-order valence-corrected chi connectivity index (χ3v) is 4.60. The smallest absolute Gasteiger partial charge is 0.342 e. The lowest BCUT2D eigenvalue weighted by molar-refractivity contribution is -0.384. The number of amides is 2. The van der Waals surface area contributed by atoms with Crippen LogP contribution < -0.4 is 10.9 Å². The van der Waals surface area contributed by atoms with Crippen LogP contribution in [0.5, 0.6) is 0 Å². The van der Waals surface area contributed by atoms with E-state index in [0.29, 0.717) is 24.6 Å². The molecule has 8 nitrogen and oxygen atoms in total. The van der Waals surface area contributed by atoms with Gasteiger partial charge in [-0.2, -0.15) is 13.2 Å². The van der Waals surface area contributed by atoms with Crippen molar-refractivity contribution in [3.05, 3.63) is 33.9 Å². The Hall–Kier alpha value is -2.85. The van der Waals surface area contributed by atoms with Crippen LogP contribution in [0.2, 0.25) is 0 Å². The summed E-state index contributed by atoms with van der Waals surface area (Å²) in [5.41, 5.74) is 2.29. The first-order chi connectivity index (χ1) is 12.6. The minimum atomic E-state index is -4.72. The van der Waals surface area contributed by atoms with Gasteiger partial charge in [-0.1, -0.05) is 0 Å². The van der Waals surface area contributed by atoms with E-state index in [0.717, 1.165) is 18.9 Å². The molecule has 1 heterocycles. The normalized spacial score (nSPS) is 19.9. The highest BCUT2D eigenvalue weighted by molar-refractivity contribution is 5.90. The maximum Gasteiger partial charge on any atom is 0.416 e. The molecule has 2 fully saturated rings. The monoisotopic (exact) mass is 386 g/mol. The van der Waals surface area contributed by atoms with E-state index in [4.69, 9.17) is 0 Å². The fraction of sp³-hybridized carbons (Fsp3) is 0.500. The molecule has 0 spiro atoms. The Kier molecular flexibility index (Phi) is 4.94. The summed E-state index contributed by atoms with van der Waals surface area (Å²) < 4.78 is 38.1. The predicted molar refractivity (Wildman–Crippen MR) is 87.3 cm³/mol. The SMILES string of the molecule is O=C(NNc1ccc(C(F)(F)F)cc1[N+](=O)[O-])[C@@H]1CC(=O)N(CC2CC2)C1. The van der Waals surface area contributed by atoms with Gasteiger partial charge in [0.05, 0.1) is 16.4 Å². The number of nitro groups is 1. The Morgan fingerprint density at radius 3 is 2.63 bits per heavy atom. The molecule has 0 radical (unpaired) electrons. The van der Waals surface area contributed by atoms with Crippen LogP contribution >= 0.6 is 0 Å². The summed E-state index contributed by atoms with van der Waals surface area (Å²) in [6.45, 7) is 0.887. The van der Waals surface area contributed by atoms with Crippen molar-refractivity contribution >= 4 is 23.2 Å². The summed E-state index contributed by atoms with van der Waals surface area (Å²) >= 11 is 0. The van der Waals surface area contributed by atoms with Gasteiger partial charge in [-0.3, -0.25) is 30.6 Å². The largest absolute Gasteiger partial charge is 0.416 e. The topological polar surface area (TPSA) is 105 Å². The number of nitro benzene ring substituents is 1. The number of carbonyl (C=O) groups excluding carboxylic acids is 2. The van der Waals surface area contributed by atoms with Gasteiger partial charge in [0.2, 0.25) is 11.8 Å². The van der Waals surface area contributed by atoms with Crippen LogP contribution in [0.3, 0.4) is 0 Å². The Morgan fingerprint density at radius 1 is 1.33 bits per heavy atom. The molecule has 1 saturated heterocycles. The minimum absolute atomic E-state index is 0.0370. The molecular weight excluding hydrogens is 369 g/mol. The number of nitrogens with one attached hydrogen (secondary N) is 2. The fourth-order valence-electron chi connectivity index (χ4n) is 2.93. The van der Waals surface area contributed by atoms with Crippen LogP contribution in [-0.2, 0) is 15.8 Å². The van der Waals surface area contributed by atoms with E-state index in [1.54, 1.807) is 4.90 Å². The van der Waals surface area contributed by atoms with E-state index in [9.17, 15) is 32.9 Å². The number of hydrogen-bond acceptors (Lipinski definition) is 5. The number of benzene rings is 1. The summed E-state index contributed by atoms with van der Waals surface area (Å²) in [4.78, 5) is 35.8. The van der Waals surface area contributed by atoms with Crippen molar-refractivity contribution in [2.24, 2.45) is 11.8 Å². The quantitative estimate of drug-likeness (QED) is 0.577. The lowest BCUT2D eigenvalue weighted by atomic mass is 10.1. The van der Waals surface area contributed by atoms with Gasteiger partial charge < -0.3 is 4.90 Å². The summed E-state index contributed by atoms with van der Waals surface area (Å²) in [6, 6.07) is 1.95. The first kappa shape index (κ1) is 18.9. The van der Waals surface area contributed by atoms with Crippen molar-refractivity contribution in [3.63, 3.8) is 0 Å². The third kappa shape index (κ3) is 4.47. The highest BCUT2D eigenvalue weighted by Crippen LogP contribution is 2.35. The molecule has 1 aromatic rings. The van der Waals surface area contributed by atoms with Crippen molar-refractivity contribution in [2.45, 2.75) is 25.4 Å². The first-order valence-corrected chi connectivity index (χ1v) is 8.34. The second-order valence-corrected chi connectivity index (χ2v) is 6.74. The molecule has 11 heteroatoms. The fourth-order valence-corrected chi connectivity index (χ4v) is 2.93. The van der Waals surface area contributed by atoms with Crippen molar-refractivity contribution in [1.29, 1.82) is 0 Å². The zero-order chi connectivity index (χ0) is 19.8. The molecule has 2 amide bonds. The number of anilines is 1. The summed E-state index contributed by atoms with van der Waals surface area (Å²) in [7, 11) is 0. The van der Waals surface area contributed by atoms with E-state index >= 15 is 0 Å². The molecule has 2 N–H and O–H groups in total. The first-order valence-electron chi connectivity index (χ1n) is 8.34. The molecule has 2 aliphatic rings. The number of carbonyl (C=O) groups is 2. The molecule has 1 aromatic carbocycles. The molecule has 0 aromatic heterocycles. The Bertz CT molecular complexity index is 779.